The SMILES string of the molecule is CCCC[C@H]1CO[C@H](c2ccc(O)c(OCC)c2)O1. The van der Waals surface area contributed by atoms with Crippen molar-refractivity contribution in [3.63, 3.8) is 0 Å². The van der Waals surface area contributed by atoms with Gasteiger partial charge in [0.15, 0.2) is 17.8 Å². The molecule has 2 rings (SSSR count). The van der Waals surface area contributed by atoms with Gasteiger partial charge in [-0.3, -0.25) is 0 Å². The first kappa shape index (κ1) is 14.2. The minimum Gasteiger partial charge on any atom is -0.504 e. The zero-order valence-corrected chi connectivity index (χ0v) is 11.6. The molecule has 4 heteroatoms. The molecule has 1 N–H and O–H groups in total. The van der Waals surface area contributed by atoms with Crippen LogP contribution in [0.2, 0.25) is 0 Å². The van der Waals surface area contributed by atoms with Crippen LogP contribution in [-0.2, 0) is 9.47 Å². The molecule has 0 amide bonds. The molecule has 0 spiro atoms. The van der Waals surface area contributed by atoms with Crippen LogP contribution in [0.4, 0.5) is 0 Å². The van der Waals surface area contributed by atoms with E-state index in [1.54, 1.807) is 12.1 Å². The Bertz CT molecular complexity index is 405. The molecular formula is C15H22O4. The molecule has 0 unspecified atom stereocenters. The van der Waals surface area contributed by atoms with Gasteiger partial charge in [-0.1, -0.05) is 25.8 Å². The Morgan fingerprint density at radius 3 is 2.95 bits per heavy atom. The molecule has 0 bridgehead atoms. The fraction of sp³-hybridized carbons (Fsp3) is 0.600. The molecule has 2 atom stereocenters. The molecule has 0 radical (unpaired) electrons. The number of phenolic OH excluding ortho intramolecular Hbond substituents is 1. The topological polar surface area (TPSA) is 47.9 Å². The molecule has 1 aromatic rings. The van der Waals surface area contributed by atoms with Crippen LogP contribution >= 0.6 is 0 Å². The highest BCUT2D eigenvalue weighted by atomic mass is 16.7. The van der Waals surface area contributed by atoms with E-state index in [0.29, 0.717) is 19.0 Å². The molecule has 4 nitrogen and oxygen atoms in total. The number of ether oxygens (including phenoxy) is 3. The summed E-state index contributed by atoms with van der Waals surface area (Å²) in [6.07, 6.45) is 3.18. The van der Waals surface area contributed by atoms with Crippen molar-refractivity contribution in [2.75, 3.05) is 13.2 Å². The van der Waals surface area contributed by atoms with E-state index in [-0.39, 0.29) is 18.1 Å². The number of rotatable bonds is 6. The predicted molar refractivity (Wildman–Crippen MR) is 72.4 cm³/mol. The zero-order valence-electron chi connectivity index (χ0n) is 11.6. The lowest BCUT2D eigenvalue weighted by atomic mass is 10.2. The average Bonchev–Trinajstić information content (AvgIpc) is 2.88. The van der Waals surface area contributed by atoms with Gasteiger partial charge in [0.05, 0.1) is 19.3 Å². The second kappa shape index (κ2) is 6.78. The van der Waals surface area contributed by atoms with Crippen LogP contribution in [0.1, 0.15) is 45.0 Å². The van der Waals surface area contributed by atoms with Crippen molar-refractivity contribution < 1.29 is 19.3 Å². The summed E-state index contributed by atoms with van der Waals surface area (Å²) in [6, 6.07) is 5.21. The van der Waals surface area contributed by atoms with E-state index in [9.17, 15) is 5.11 Å². The Kier molecular flexibility index (Phi) is 5.05. The maximum atomic E-state index is 9.67. The van der Waals surface area contributed by atoms with Gasteiger partial charge >= 0.3 is 0 Å². The van der Waals surface area contributed by atoms with Crippen molar-refractivity contribution >= 4 is 0 Å². The summed E-state index contributed by atoms with van der Waals surface area (Å²) in [5, 5.41) is 9.67. The van der Waals surface area contributed by atoms with Crippen molar-refractivity contribution in [1.29, 1.82) is 0 Å². The highest BCUT2D eigenvalue weighted by Gasteiger charge is 2.27. The van der Waals surface area contributed by atoms with E-state index in [2.05, 4.69) is 6.92 Å². The highest BCUT2D eigenvalue weighted by Crippen LogP contribution is 2.34. The lowest BCUT2D eigenvalue weighted by molar-refractivity contribution is -0.0614. The highest BCUT2D eigenvalue weighted by molar-refractivity contribution is 5.42. The van der Waals surface area contributed by atoms with Gasteiger partial charge in [-0.2, -0.15) is 0 Å². The van der Waals surface area contributed by atoms with Gasteiger partial charge < -0.3 is 19.3 Å². The molecule has 0 saturated carbocycles. The molecule has 19 heavy (non-hydrogen) atoms. The summed E-state index contributed by atoms with van der Waals surface area (Å²) >= 11 is 0. The molecule has 1 heterocycles. The third-order valence-electron chi connectivity index (χ3n) is 3.19. The second-order valence-corrected chi connectivity index (χ2v) is 4.73. The fourth-order valence-corrected chi connectivity index (χ4v) is 2.15. The van der Waals surface area contributed by atoms with Gasteiger partial charge in [-0.05, 0) is 25.5 Å². The normalized spacial score (nSPS) is 22.6. The second-order valence-electron chi connectivity index (χ2n) is 4.73. The number of benzene rings is 1. The molecule has 1 aliphatic rings. The number of hydrogen-bond acceptors (Lipinski definition) is 4. The van der Waals surface area contributed by atoms with Crippen LogP contribution in [0.15, 0.2) is 18.2 Å². The summed E-state index contributed by atoms with van der Waals surface area (Å²) in [4.78, 5) is 0. The van der Waals surface area contributed by atoms with Gasteiger partial charge in [0.1, 0.15) is 0 Å². The molecule has 0 aromatic heterocycles. The van der Waals surface area contributed by atoms with Crippen molar-refractivity contribution in [3.8, 4) is 11.5 Å². The van der Waals surface area contributed by atoms with Gasteiger partial charge in [-0.25, -0.2) is 0 Å². The number of hydrogen-bond donors (Lipinski definition) is 1. The van der Waals surface area contributed by atoms with Crippen molar-refractivity contribution in [3.05, 3.63) is 23.8 Å². The smallest absolute Gasteiger partial charge is 0.184 e. The van der Waals surface area contributed by atoms with Crippen molar-refractivity contribution in [1.82, 2.24) is 0 Å². The van der Waals surface area contributed by atoms with Crippen LogP contribution in [0.3, 0.4) is 0 Å². The van der Waals surface area contributed by atoms with Gasteiger partial charge in [0, 0.05) is 5.56 Å². The first-order chi connectivity index (χ1) is 9.24. The summed E-state index contributed by atoms with van der Waals surface area (Å²) in [7, 11) is 0. The molecule has 1 aromatic carbocycles. The number of phenols is 1. The largest absolute Gasteiger partial charge is 0.504 e. The first-order valence-electron chi connectivity index (χ1n) is 6.97. The van der Waals surface area contributed by atoms with E-state index in [1.165, 1.54) is 0 Å². The quantitative estimate of drug-likeness (QED) is 0.857. The Morgan fingerprint density at radius 1 is 1.37 bits per heavy atom. The van der Waals surface area contributed by atoms with Crippen molar-refractivity contribution in [2.45, 2.75) is 45.5 Å². The first-order valence-corrected chi connectivity index (χ1v) is 6.97. The zero-order chi connectivity index (χ0) is 13.7. The maximum absolute atomic E-state index is 9.67. The Balaban J connectivity index is 2.00. The lowest BCUT2D eigenvalue weighted by Gasteiger charge is -2.13. The monoisotopic (exact) mass is 266 g/mol. The molecule has 1 saturated heterocycles. The third kappa shape index (κ3) is 3.61. The maximum Gasteiger partial charge on any atom is 0.184 e. The molecule has 1 fully saturated rings. The fourth-order valence-electron chi connectivity index (χ4n) is 2.15. The van der Waals surface area contributed by atoms with E-state index < -0.39 is 0 Å². The third-order valence-corrected chi connectivity index (χ3v) is 3.19. The Morgan fingerprint density at radius 2 is 2.21 bits per heavy atom. The standard InChI is InChI=1S/C15H22O4/c1-3-5-6-12-10-18-15(19-12)11-7-8-13(16)14(9-11)17-4-2/h7-9,12,15-16H,3-6,10H2,1-2H3/t12-,15-/m0/s1. The summed E-state index contributed by atoms with van der Waals surface area (Å²) in [5.74, 6) is 0.621. The number of aromatic hydroxyl groups is 1. The summed E-state index contributed by atoms with van der Waals surface area (Å²) in [6.45, 7) is 5.20. The van der Waals surface area contributed by atoms with E-state index in [0.717, 1.165) is 24.8 Å². The van der Waals surface area contributed by atoms with E-state index >= 15 is 0 Å². The minimum absolute atomic E-state index is 0.145. The van der Waals surface area contributed by atoms with E-state index in [4.69, 9.17) is 14.2 Å². The van der Waals surface area contributed by atoms with Crippen LogP contribution in [0.25, 0.3) is 0 Å². The van der Waals surface area contributed by atoms with E-state index in [1.807, 2.05) is 13.0 Å². The minimum atomic E-state index is -0.346. The summed E-state index contributed by atoms with van der Waals surface area (Å²) in [5.41, 5.74) is 0.889. The van der Waals surface area contributed by atoms with Gasteiger partial charge in [0.25, 0.3) is 0 Å². The van der Waals surface area contributed by atoms with Gasteiger partial charge in [0.2, 0.25) is 0 Å². The summed E-state index contributed by atoms with van der Waals surface area (Å²) < 4.78 is 16.9. The predicted octanol–water partition coefficient (Wildman–Crippen LogP) is 3.40. The molecule has 1 aliphatic heterocycles. The molecule has 0 aliphatic carbocycles. The van der Waals surface area contributed by atoms with Crippen molar-refractivity contribution in [2.24, 2.45) is 0 Å². The molecular weight excluding hydrogens is 244 g/mol. The van der Waals surface area contributed by atoms with Gasteiger partial charge in [-0.15, -0.1) is 0 Å². The van der Waals surface area contributed by atoms with Crippen LogP contribution in [0.5, 0.6) is 11.5 Å². The Labute approximate surface area is 114 Å². The van der Waals surface area contributed by atoms with Crippen LogP contribution in [-0.4, -0.2) is 24.4 Å². The van der Waals surface area contributed by atoms with Crippen LogP contribution < -0.4 is 4.74 Å². The lowest BCUT2D eigenvalue weighted by Crippen LogP contribution is -2.09. The molecule has 106 valence electrons. The number of unbranched alkanes of at least 4 members (excludes halogenated alkanes) is 1. The Hall–Kier alpha value is -1.26. The van der Waals surface area contributed by atoms with Crippen LogP contribution in [0, 0.1) is 0 Å². The average molecular weight is 266 g/mol.